The van der Waals surface area contributed by atoms with Gasteiger partial charge in [0.05, 0.1) is 17.9 Å². The summed E-state index contributed by atoms with van der Waals surface area (Å²) in [6, 6.07) is 15.3. The summed E-state index contributed by atoms with van der Waals surface area (Å²) in [6.07, 6.45) is 0. The zero-order valence-corrected chi connectivity index (χ0v) is 15.7. The van der Waals surface area contributed by atoms with Crippen molar-refractivity contribution < 1.29 is 14.3 Å². The van der Waals surface area contributed by atoms with Gasteiger partial charge in [-0.3, -0.25) is 9.59 Å². The Hall–Kier alpha value is -3.02. The van der Waals surface area contributed by atoms with Crippen molar-refractivity contribution in [1.82, 2.24) is 5.32 Å². The maximum absolute atomic E-state index is 12.3. The molecule has 2 aromatic carbocycles. The Morgan fingerprint density at radius 3 is 2.63 bits per heavy atom. The minimum Gasteiger partial charge on any atom is -0.484 e. The normalized spacial score (nSPS) is 14.0. The van der Waals surface area contributed by atoms with Crippen molar-refractivity contribution in [2.45, 2.75) is 19.8 Å². The summed E-state index contributed by atoms with van der Waals surface area (Å²) in [7, 11) is 0. The SMILES string of the molecule is CC(C)c1ccc(OCC(=O)Nc2ccccc2N2CCNC(=O)C2)cc1. The molecule has 0 unspecified atom stereocenters. The van der Waals surface area contributed by atoms with Crippen LogP contribution in [0.15, 0.2) is 48.5 Å². The monoisotopic (exact) mass is 367 g/mol. The van der Waals surface area contributed by atoms with Crippen LogP contribution >= 0.6 is 0 Å². The van der Waals surface area contributed by atoms with Gasteiger partial charge in [0.1, 0.15) is 5.75 Å². The van der Waals surface area contributed by atoms with Crippen LogP contribution in [0.2, 0.25) is 0 Å². The number of rotatable bonds is 6. The van der Waals surface area contributed by atoms with E-state index in [2.05, 4.69) is 24.5 Å². The predicted molar refractivity (Wildman–Crippen MR) is 106 cm³/mol. The van der Waals surface area contributed by atoms with Gasteiger partial charge in [0, 0.05) is 13.1 Å². The summed E-state index contributed by atoms with van der Waals surface area (Å²) in [5.74, 6) is 0.860. The molecule has 0 aliphatic carbocycles. The van der Waals surface area contributed by atoms with E-state index in [0.29, 0.717) is 30.4 Å². The molecule has 0 atom stereocenters. The van der Waals surface area contributed by atoms with Crippen molar-refractivity contribution in [1.29, 1.82) is 0 Å². The molecule has 1 aliphatic heterocycles. The Balaban J connectivity index is 1.60. The van der Waals surface area contributed by atoms with Crippen LogP contribution in [0.1, 0.15) is 25.3 Å². The van der Waals surface area contributed by atoms with E-state index in [1.165, 1.54) is 5.56 Å². The van der Waals surface area contributed by atoms with E-state index in [-0.39, 0.29) is 25.0 Å². The highest BCUT2D eigenvalue weighted by Gasteiger charge is 2.19. The highest BCUT2D eigenvalue weighted by molar-refractivity contribution is 5.96. The van der Waals surface area contributed by atoms with Crippen LogP contribution < -0.4 is 20.3 Å². The molecule has 0 saturated carbocycles. The summed E-state index contributed by atoms with van der Waals surface area (Å²) >= 11 is 0. The zero-order valence-electron chi connectivity index (χ0n) is 15.7. The van der Waals surface area contributed by atoms with E-state index in [4.69, 9.17) is 4.74 Å². The minimum atomic E-state index is -0.239. The molecule has 0 bridgehead atoms. The summed E-state index contributed by atoms with van der Waals surface area (Å²) in [5, 5.41) is 5.69. The maximum atomic E-state index is 12.3. The standard InChI is InChI=1S/C21H25N3O3/c1-15(2)16-7-9-17(10-8-16)27-14-21(26)23-18-5-3-4-6-19(18)24-12-11-22-20(25)13-24/h3-10,15H,11-14H2,1-2H3,(H,22,25)(H,23,26). The Kier molecular flexibility index (Phi) is 5.96. The fourth-order valence-electron chi connectivity index (χ4n) is 2.98. The number of hydrogen-bond donors (Lipinski definition) is 2. The van der Waals surface area contributed by atoms with Crippen LogP contribution in [-0.2, 0) is 9.59 Å². The molecular weight excluding hydrogens is 342 g/mol. The first-order valence-corrected chi connectivity index (χ1v) is 9.16. The fraction of sp³-hybridized carbons (Fsp3) is 0.333. The van der Waals surface area contributed by atoms with Crippen molar-refractivity contribution in [2.24, 2.45) is 0 Å². The Bertz CT molecular complexity index is 803. The summed E-state index contributed by atoms with van der Waals surface area (Å²) in [5.41, 5.74) is 2.74. The second-order valence-electron chi connectivity index (χ2n) is 6.85. The van der Waals surface area contributed by atoms with Crippen molar-refractivity contribution in [3.63, 3.8) is 0 Å². The number of anilines is 2. The van der Waals surface area contributed by atoms with Gasteiger partial charge >= 0.3 is 0 Å². The van der Waals surface area contributed by atoms with Crippen LogP contribution in [0.3, 0.4) is 0 Å². The van der Waals surface area contributed by atoms with Crippen molar-refractivity contribution in [3.8, 4) is 5.75 Å². The number of benzene rings is 2. The first kappa shape index (κ1) is 18.8. The lowest BCUT2D eigenvalue weighted by Crippen LogP contribution is -2.48. The molecule has 2 aromatic rings. The molecule has 1 heterocycles. The predicted octanol–water partition coefficient (Wildman–Crippen LogP) is 2.76. The molecule has 2 N–H and O–H groups in total. The number of carbonyl (C=O) groups excluding carboxylic acids is 2. The molecule has 27 heavy (non-hydrogen) atoms. The molecule has 142 valence electrons. The molecule has 1 saturated heterocycles. The van der Waals surface area contributed by atoms with Gasteiger partial charge in [-0.05, 0) is 35.7 Å². The summed E-state index contributed by atoms with van der Waals surface area (Å²) in [6.45, 7) is 5.77. The Labute approximate surface area is 159 Å². The second-order valence-corrected chi connectivity index (χ2v) is 6.85. The lowest BCUT2D eigenvalue weighted by Gasteiger charge is -2.30. The van der Waals surface area contributed by atoms with Crippen LogP contribution in [-0.4, -0.2) is 38.1 Å². The number of carbonyl (C=O) groups is 2. The van der Waals surface area contributed by atoms with E-state index in [1.54, 1.807) is 0 Å². The number of para-hydroxylation sites is 2. The number of nitrogens with zero attached hydrogens (tertiary/aromatic N) is 1. The molecule has 0 radical (unpaired) electrons. The van der Waals surface area contributed by atoms with E-state index >= 15 is 0 Å². The lowest BCUT2D eigenvalue weighted by atomic mass is 10.0. The number of amides is 2. The van der Waals surface area contributed by atoms with E-state index in [1.807, 2.05) is 53.4 Å². The lowest BCUT2D eigenvalue weighted by molar-refractivity contribution is -0.120. The van der Waals surface area contributed by atoms with Gasteiger partial charge in [-0.1, -0.05) is 38.1 Å². The number of piperazine rings is 1. The summed E-state index contributed by atoms with van der Waals surface area (Å²) < 4.78 is 5.59. The maximum Gasteiger partial charge on any atom is 0.262 e. The number of nitrogens with one attached hydrogen (secondary N) is 2. The van der Waals surface area contributed by atoms with Crippen LogP contribution in [0.5, 0.6) is 5.75 Å². The average Bonchev–Trinajstić information content (AvgIpc) is 2.67. The molecule has 3 rings (SSSR count). The largest absolute Gasteiger partial charge is 0.484 e. The number of hydrogen-bond acceptors (Lipinski definition) is 4. The fourth-order valence-corrected chi connectivity index (χ4v) is 2.98. The van der Waals surface area contributed by atoms with Gasteiger partial charge in [0.25, 0.3) is 5.91 Å². The van der Waals surface area contributed by atoms with Crippen LogP contribution in [0.25, 0.3) is 0 Å². The molecule has 2 amide bonds. The molecule has 6 heteroatoms. The molecule has 6 nitrogen and oxygen atoms in total. The first-order valence-electron chi connectivity index (χ1n) is 9.16. The van der Waals surface area contributed by atoms with E-state index in [9.17, 15) is 9.59 Å². The van der Waals surface area contributed by atoms with Crippen LogP contribution in [0, 0.1) is 0 Å². The van der Waals surface area contributed by atoms with Crippen LogP contribution in [0.4, 0.5) is 11.4 Å². The Morgan fingerprint density at radius 2 is 1.93 bits per heavy atom. The smallest absolute Gasteiger partial charge is 0.262 e. The average molecular weight is 367 g/mol. The number of ether oxygens (including phenoxy) is 1. The van der Waals surface area contributed by atoms with Gasteiger partial charge in [0.2, 0.25) is 5.91 Å². The van der Waals surface area contributed by atoms with E-state index in [0.717, 1.165) is 5.69 Å². The van der Waals surface area contributed by atoms with Gasteiger partial charge in [0.15, 0.2) is 6.61 Å². The van der Waals surface area contributed by atoms with Gasteiger partial charge in [-0.25, -0.2) is 0 Å². The topological polar surface area (TPSA) is 70.7 Å². The second kappa shape index (κ2) is 8.58. The van der Waals surface area contributed by atoms with Gasteiger partial charge in [-0.15, -0.1) is 0 Å². The van der Waals surface area contributed by atoms with Crippen molar-refractivity contribution >= 4 is 23.2 Å². The third-order valence-corrected chi connectivity index (χ3v) is 4.47. The van der Waals surface area contributed by atoms with E-state index < -0.39 is 0 Å². The third-order valence-electron chi connectivity index (χ3n) is 4.47. The van der Waals surface area contributed by atoms with Crippen molar-refractivity contribution in [2.75, 3.05) is 36.5 Å². The van der Waals surface area contributed by atoms with Gasteiger partial charge < -0.3 is 20.3 Å². The third kappa shape index (κ3) is 5.00. The first-order chi connectivity index (χ1) is 13.0. The van der Waals surface area contributed by atoms with Gasteiger partial charge in [-0.2, -0.15) is 0 Å². The minimum absolute atomic E-state index is 0.0180. The molecule has 0 spiro atoms. The molecule has 0 aromatic heterocycles. The zero-order chi connectivity index (χ0) is 19.2. The molecule has 1 fully saturated rings. The quantitative estimate of drug-likeness (QED) is 0.824. The summed E-state index contributed by atoms with van der Waals surface area (Å²) in [4.78, 5) is 25.9. The molecular formula is C21H25N3O3. The van der Waals surface area contributed by atoms with Crippen molar-refractivity contribution in [3.05, 3.63) is 54.1 Å². The Morgan fingerprint density at radius 1 is 1.19 bits per heavy atom. The highest BCUT2D eigenvalue weighted by atomic mass is 16.5. The highest BCUT2D eigenvalue weighted by Crippen LogP contribution is 2.26. The molecule has 1 aliphatic rings.